The number of nitrogens with zero attached hydrogens (tertiary/aromatic N) is 4. The number of rotatable bonds is 5. The zero-order valence-electron chi connectivity index (χ0n) is 10.7. The normalized spacial score (nSPS) is 16.2. The highest BCUT2D eigenvalue weighted by molar-refractivity contribution is 5.83. The Hall–Kier alpha value is -1.96. The minimum Gasteiger partial charge on any atom is -0.368 e. The largest absolute Gasteiger partial charge is 0.368 e. The molecule has 19 heavy (non-hydrogen) atoms. The second-order valence-electron chi connectivity index (χ2n) is 4.56. The van der Waals surface area contributed by atoms with E-state index in [4.69, 9.17) is 5.73 Å². The molecule has 8 heteroatoms. The summed E-state index contributed by atoms with van der Waals surface area (Å²) < 4.78 is 1.44. The average Bonchev–Trinajstić information content (AvgIpc) is 2.89. The van der Waals surface area contributed by atoms with Crippen molar-refractivity contribution in [3.63, 3.8) is 0 Å². The summed E-state index contributed by atoms with van der Waals surface area (Å²) >= 11 is 0. The Bertz CT molecular complexity index is 426. The highest BCUT2D eigenvalue weighted by Gasteiger charge is 2.26. The third-order valence-electron chi connectivity index (χ3n) is 3.16. The van der Waals surface area contributed by atoms with Crippen LogP contribution < -0.4 is 11.1 Å². The van der Waals surface area contributed by atoms with Crippen molar-refractivity contribution in [3.8, 4) is 0 Å². The van der Waals surface area contributed by atoms with E-state index in [9.17, 15) is 9.59 Å². The van der Waals surface area contributed by atoms with E-state index in [0.717, 1.165) is 25.9 Å². The van der Waals surface area contributed by atoms with E-state index in [-0.39, 0.29) is 25.0 Å². The lowest BCUT2D eigenvalue weighted by atomic mass is 10.0. The molecule has 0 atom stereocenters. The topological polar surface area (TPSA) is 106 Å². The smallest absolute Gasteiger partial charge is 0.245 e. The Morgan fingerprint density at radius 1 is 1.42 bits per heavy atom. The van der Waals surface area contributed by atoms with Crippen molar-refractivity contribution < 1.29 is 9.59 Å². The van der Waals surface area contributed by atoms with Crippen LogP contribution in [0.25, 0.3) is 0 Å². The van der Waals surface area contributed by atoms with Gasteiger partial charge in [-0.25, -0.2) is 9.67 Å². The molecule has 2 rings (SSSR count). The molecule has 1 aliphatic heterocycles. The summed E-state index contributed by atoms with van der Waals surface area (Å²) in [6, 6.07) is 0.0600. The van der Waals surface area contributed by atoms with Crippen molar-refractivity contribution in [1.82, 2.24) is 25.0 Å². The number of primary amides is 1. The van der Waals surface area contributed by atoms with Gasteiger partial charge in [-0.15, -0.1) is 0 Å². The summed E-state index contributed by atoms with van der Waals surface area (Å²) in [5.74, 6) is -0.651. The summed E-state index contributed by atoms with van der Waals surface area (Å²) in [5.41, 5.74) is 5.23. The van der Waals surface area contributed by atoms with Gasteiger partial charge in [0.15, 0.2) is 0 Å². The SMILES string of the molecule is NC(=O)CN(C(=O)Cn1cncn1)C1CCNCC1. The minimum absolute atomic E-state index is 0.0435. The van der Waals surface area contributed by atoms with Gasteiger partial charge in [0.25, 0.3) is 0 Å². The van der Waals surface area contributed by atoms with E-state index in [1.807, 2.05) is 0 Å². The maximum atomic E-state index is 12.3. The van der Waals surface area contributed by atoms with Crippen LogP contribution in [-0.4, -0.2) is 57.2 Å². The molecular weight excluding hydrogens is 248 g/mol. The Morgan fingerprint density at radius 2 is 2.16 bits per heavy atom. The molecule has 1 aromatic heterocycles. The number of amides is 2. The Balaban J connectivity index is 2.02. The second kappa shape index (κ2) is 6.28. The second-order valence-corrected chi connectivity index (χ2v) is 4.56. The number of nitrogens with one attached hydrogen (secondary N) is 1. The summed E-state index contributed by atoms with van der Waals surface area (Å²) in [4.78, 5) is 28.7. The zero-order valence-corrected chi connectivity index (χ0v) is 10.7. The minimum atomic E-state index is -0.495. The van der Waals surface area contributed by atoms with Crippen LogP contribution in [-0.2, 0) is 16.1 Å². The lowest BCUT2D eigenvalue weighted by Gasteiger charge is -2.33. The van der Waals surface area contributed by atoms with Crippen LogP contribution in [0.4, 0.5) is 0 Å². The van der Waals surface area contributed by atoms with Crippen LogP contribution in [0.2, 0.25) is 0 Å². The van der Waals surface area contributed by atoms with E-state index in [0.29, 0.717) is 0 Å². The predicted octanol–water partition coefficient (Wildman–Crippen LogP) is -1.66. The van der Waals surface area contributed by atoms with Gasteiger partial charge in [0.05, 0.1) is 6.54 Å². The van der Waals surface area contributed by atoms with Gasteiger partial charge in [-0.3, -0.25) is 9.59 Å². The van der Waals surface area contributed by atoms with Gasteiger partial charge in [-0.1, -0.05) is 0 Å². The maximum Gasteiger partial charge on any atom is 0.245 e. The zero-order chi connectivity index (χ0) is 13.7. The third kappa shape index (κ3) is 3.75. The average molecular weight is 266 g/mol. The molecule has 0 bridgehead atoms. The van der Waals surface area contributed by atoms with Crippen LogP contribution in [0.1, 0.15) is 12.8 Å². The summed E-state index contributed by atoms with van der Waals surface area (Å²) in [5, 5.41) is 7.12. The molecule has 1 aliphatic rings. The number of piperidine rings is 1. The van der Waals surface area contributed by atoms with Crippen molar-refractivity contribution in [1.29, 1.82) is 0 Å². The number of hydrogen-bond acceptors (Lipinski definition) is 5. The fourth-order valence-corrected chi connectivity index (χ4v) is 2.25. The van der Waals surface area contributed by atoms with E-state index in [1.165, 1.54) is 17.3 Å². The van der Waals surface area contributed by atoms with Crippen molar-refractivity contribution >= 4 is 11.8 Å². The first-order valence-electron chi connectivity index (χ1n) is 6.27. The molecule has 1 fully saturated rings. The summed E-state index contributed by atoms with van der Waals surface area (Å²) in [7, 11) is 0. The predicted molar refractivity (Wildman–Crippen MR) is 66.8 cm³/mol. The number of carbonyl (C=O) groups excluding carboxylic acids is 2. The molecule has 0 saturated carbocycles. The first-order chi connectivity index (χ1) is 9.16. The standard InChI is InChI=1S/C11H18N6O2/c12-10(18)5-17(9-1-3-13-4-2-9)11(19)6-16-8-14-7-15-16/h7-9,13H,1-6H2,(H2,12,18). The number of carbonyl (C=O) groups is 2. The van der Waals surface area contributed by atoms with Crippen molar-refractivity contribution in [2.45, 2.75) is 25.4 Å². The first kappa shape index (κ1) is 13.5. The van der Waals surface area contributed by atoms with Crippen LogP contribution >= 0.6 is 0 Å². The lowest BCUT2D eigenvalue weighted by Crippen LogP contribution is -2.50. The van der Waals surface area contributed by atoms with Crippen LogP contribution in [0, 0.1) is 0 Å². The summed E-state index contributed by atoms with van der Waals surface area (Å²) in [6.07, 6.45) is 4.51. The number of aromatic nitrogens is 3. The van der Waals surface area contributed by atoms with E-state index >= 15 is 0 Å². The first-order valence-corrected chi connectivity index (χ1v) is 6.27. The molecular formula is C11H18N6O2. The fraction of sp³-hybridized carbons (Fsp3) is 0.636. The van der Waals surface area contributed by atoms with E-state index in [1.54, 1.807) is 4.90 Å². The highest BCUT2D eigenvalue weighted by Crippen LogP contribution is 2.12. The van der Waals surface area contributed by atoms with Gasteiger partial charge in [-0.05, 0) is 25.9 Å². The highest BCUT2D eigenvalue weighted by atomic mass is 16.2. The molecule has 104 valence electrons. The quantitative estimate of drug-likeness (QED) is 0.663. The molecule has 1 saturated heterocycles. The molecule has 0 spiro atoms. The summed E-state index contributed by atoms with van der Waals surface area (Å²) in [6.45, 7) is 1.72. The molecule has 2 amide bonds. The van der Waals surface area contributed by atoms with Crippen LogP contribution in [0.15, 0.2) is 12.7 Å². The number of hydrogen-bond donors (Lipinski definition) is 2. The van der Waals surface area contributed by atoms with Gasteiger partial charge in [0.2, 0.25) is 11.8 Å². The molecule has 0 aromatic carbocycles. The van der Waals surface area contributed by atoms with Gasteiger partial charge in [0.1, 0.15) is 19.2 Å². The molecule has 0 unspecified atom stereocenters. The van der Waals surface area contributed by atoms with Crippen molar-refractivity contribution in [3.05, 3.63) is 12.7 Å². The van der Waals surface area contributed by atoms with Crippen molar-refractivity contribution in [2.75, 3.05) is 19.6 Å². The molecule has 0 aliphatic carbocycles. The maximum absolute atomic E-state index is 12.3. The van der Waals surface area contributed by atoms with Crippen LogP contribution in [0.3, 0.4) is 0 Å². The van der Waals surface area contributed by atoms with Crippen molar-refractivity contribution in [2.24, 2.45) is 5.73 Å². The van der Waals surface area contributed by atoms with E-state index in [2.05, 4.69) is 15.4 Å². The van der Waals surface area contributed by atoms with E-state index < -0.39 is 5.91 Å². The fourth-order valence-electron chi connectivity index (χ4n) is 2.25. The third-order valence-corrected chi connectivity index (χ3v) is 3.16. The van der Waals surface area contributed by atoms with Gasteiger partial charge < -0.3 is 16.0 Å². The molecule has 3 N–H and O–H groups in total. The van der Waals surface area contributed by atoms with Crippen LogP contribution in [0.5, 0.6) is 0 Å². The van der Waals surface area contributed by atoms with Gasteiger partial charge >= 0.3 is 0 Å². The number of nitrogens with two attached hydrogens (primary N) is 1. The Morgan fingerprint density at radius 3 is 2.74 bits per heavy atom. The Kier molecular flexibility index (Phi) is 4.45. The Labute approximate surface area is 111 Å². The molecule has 0 radical (unpaired) electrons. The van der Waals surface area contributed by atoms with Gasteiger partial charge in [-0.2, -0.15) is 5.10 Å². The molecule has 8 nitrogen and oxygen atoms in total. The molecule has 1 aromatic rings. The van der Waals surface area contributed by atoms with Gasteiger partial charge in [0, 0.05) is 6.04 Å². The lowest BCUT2D eigenvalue weighted by molar-refractivity contribution is -0.138. The molecule has 2 heterocycles. The monoisotopic (exact) mass is 266 g/mol.